The number of likely N-dealkylation sites (tertiary alicyclic amines) is 1. The van der Waals surface area contributed by atoms with Gasteiger partial charge in [-0.15, -0.1) is 0 Å². The molecule has 2 fully saturated rings. The molecule has 8 heteroatoms. The van der Waals surface area contributed by atoms with Gasteiger partial charge < -0.3 is 19.5 Å². The van der Waals surface area contributed by atoms with E-state index in [0.29, 0.717) is 36.7 Å². The van der Waals surface area contributed by atoms with Crippen molar-refractivity contribution in [2.75, 3.05) is 47.4 Å². The molecule has 2 saturated heterocycles. The number of hydrogen-bond donors (Lipinski definition) is 1. The van der Waals surface area contributed by atoms with Crippen LogP contribution in [0, 0.1) is 5.41 Å². The van der Waals surface area contributed by atoms with Gasteiger partial charge in [-0.2, -0.15) is 4.98 Å². The van der Waals surface area contributed by atoms with Crippen molar-refractivity contribution in [2.24, 2.45) is 5.41 Å². The van der Waals surface area contributed by atoms with E-state index in [9.17, 15) is 4.79 Å². The topological polar surface area (TPSA) is 83.7 Å². The average Bonchev–Trinajstić information content (AvgIpc) is 3.17. The molecule has 2 aliphatic rings. The summed E-state index contributed by atoms with van der Waals surface area (Å²) in [4.78, 5) is 21.2. The molecule has 1 amide bonds. The van der Waals surface area contributed by atoms with Crippen LogP contribution in [0.1, 0.15) is 31.0 Å². The third-order valence-electron chi connectivity index (χ3n) is 5.48. The van der Waals surface area contributed by atoms with Crippen LogP contribution in [-0.2, 0) is 22.5 Å². The number of methoxy groups -OCH3 is 1. The summed E-state index contributed by atoms with van der Waals surface area (Å²) in [5, 5.41) is 7.34. The van der Waals surface area contributed by atoms with Crippen LogP contribution >= 0.6 is 0 Å². The van der Waals surface area contributed by atoms with Crippen molar-refractivity contribution in [3.05, 3.63) is 11.7 Å². The second-order valence-electron chi connectivity index (χ2n) is 7.43. The van der Waals surface area contributed by atoms with E-state index >= 15 is 0 Å². The number of nitrogens with zero attached hydrogens (tertiary/aromatic N) is 4. The fourth-order valence-electron chi connectivity index (χ4n) is 4.05. The smallest absolute Gasteiger partial charge is 0.246 e. The van der Waals surface area contributed by atoms with Crippen LogP contribution in [-0.4, -0.2) is 79.3 Å². The minimum absolute atomic E-state index is 0.0565. The maximum Gasteiger partial charge on any atom is 0.246 e. The highest BCUT2D eigenvalue weighted by Crippen LogP contribution is 2.41. The molecule has 1 aromatic rings. The zero-order chi connectivity index (χ0) is 17.9. The van der Waals surface area contributed by atoms with Gasteiger partial charge in [0.1, 0.15) is 0 Å². The van der Waals surface area contributed by atoms with E-state index in [0.717, 1.165) is 38.9 Å². The van der Waals surface area contributed by atoms with Gasteiger partial charge >= 0.3 is 0 Å². The van der Waals surface area contributed by atoms with Crippen LogP contribution in [0.15, 0.2) is 4.52 Å². The summed E-state index contributed by atoms with van der Waals surface area (Å²) in [6.45, 7) is 4.00. The Labute approximate surface area is 148 Å². The molecule has 1 spiro atoms. The standard InChI is InChI=1S/C17H29N5O3/c1-21(11-15-19-14(20-25-15)4-9-24-3)16(23)13-10-17(12-22(13)2)5-7-18-8-6-17/h13,18H,4-12H2,1-3H3. The maximum absolute atomic E-state index is 12.9. The number of hydrogen-bond acceptors (Lipinski definition) is 7. The summed E-state index contributed by atoms with van der Waals surface area (Å²) < 4.78 is 10.3. The van der Waals surface area contributed by atoms with Crippen molar-refractivity contribution >= 4 is 5.91 Å². The first-order chi connectivity index (χ1) is 12.0. The van der Waals surface area contributed by atoms with Crippen molar-refractivity contribution in [3.8, 4) is 0 Å². The van der Waals surface area contributed by atoms with Gasteiger partial charge in [-0.1, -0.05) is 5.16 Å². The van der Waals surface area contributed by atoms with E-state index in [1.165, 1.54) is 0 Å². The van der Waals surface area contributed by atoms with Gasteiger partial charge in [0.25, 0.3) is 0 Å². The first-order valence-electron chi connectivity index (χ1n) is 8.99. The number of nitrogens with one attached hydrogen (secondary N) is 1. The number of aromatic nitrogens is 2. The van der Waals surface area contributed by atoms with E-state index in [4.69, 9.17) is 9.26 Å². The normalized spacial score (nSPS) is 23.2. The van der Waals surface area contributed by atoms with Gasteiger partial charge in [-0.25, -0.2) is 0 Å². The lowest BCUT2D eigenvalue weighted by Gasteiger charge is -2.33. The van der Waals surface area contributed by atoms with Gasteiger partial charge in [-0.05, 0) is 44.8 Å². The molecule has 3 rings (SSSR count). The van der Waals surface area contributed by atoms with Crippen molar-refractivity contribution < 1.29 is 14.1 Å². The molecule has 3 heterocycles. The predicted octanol–water partition coefficient (Wildman–Crippen LogP) is 0.291. The number of likely N-dealkylation sites (N-methyl/N-ethyl adjacent to an activating group) is 2. The van der Waals surface area contributed by atoms with Gasteiger partial charge in [0.2, 0.25) is 11.8 Å². The zero-order valence-corrected chi connectivity index (χ0v) is 15.5. The molecule has 25 heavy (non-hydrogen) atoms. The summed E-state index contributed by atoms with van der Waals surface area (Å²) in [7, 11) is 5.51. The first kappa shape index (κ1) is 18.3. The van der Waals surface area contributed by atoms with Gasteiger partial charge in [0.05, 0.1) is 19.2 Å². The van der Waals surface area contributed by atoms with Crippen LogP contribution in [0.3, 0.4) is 0 Å². The van der Waals surface area contributed by atoms with Crippen molar-refractivity contribution in [2.45, 2.75) is 38.3 Å². The summed E-state index contributed by atoms with van der Waals surface area (Å²) in [5.74, 6) is 1.22. The zero-order valence-electron chi connectivity index (χ0n) is 15.5. The summed E-state index contributed by atoms with van der Waals surface area (Å²) in [6, 6.07) is -0.0565. The molecular formula is C17H29N5O3. The second kappa shape index (κ2) is 7.80. The molecule has 0 saturated carbocycles. The molecule has 0 aliphatic carbocycles. The molecule has 1 atom stereocenters. The molecule has 8 nitrogen and oxygen atoms in total. The quantitative estimate of drug-likeness (QED) is 0.789. The fraction of sp³-hybridized carbons (Fsp3) is 0.824. The minimum Gasteiger partial charge on any atom is -0.384 e. The lowest BCUT2D eigenvalue weighted by atomic mass is 9.77. The Morgan fingerprint density at radius 2 is 2.24 bits per heavy atom. The Hall–Kier alpha value is -1.51. The van der Waals surface area contributed by atoms with Crippen LogP contribution < -0.4 is 5.32 Å². The minimum atomic E-state index is -0.0565. The van der Waals surface area contributed by atoms with E-state index in [1.54, 1.807) is 12.0 Å². The largest absolute Gasteiger partial charge is 0.384 e. The van der Waals surface area contributed by atoms with Crippen molar-refractivity contribution in [1.29, 1.82) is 0 Å². The predicted molar refractivity (Wildman–Crippen MR) is 91.9 cm³/mol. The molecule has 0 bridgehead atoms. The number of rotatable bonds is 6. The maximum atomic E-state index is 12.9. The number of piperidine rings is 1. The van der Waals surface area contributed by atoms with Gasteiger partial charge in [-0.3, -0.25) is 9.69 Å². The Kier molecular flexibility index (Phi) is 5.71. The molecule has 1 aromatic heterocycles. The molecule has 140 valence electrons. The monoisotopic (exact) mass is 351 g/mol. The van der Waals surface area contributed by atoms with E-state index in [-0.39, 0.29) is 11.9 Å². The summed E-state index contributed by atoms with van der Waals surface area (Å²) in [6.07, 6.45) is 3.85. The number of carbonyl (C=O) groups is 1. The molecule has 1 N–H and O–H groups in total. The van der Waals surface area contributed by atoms with E-state index < -0.39 is 0 Å². The fourth-order valence-corrected chi connectivity index (χ4v) is 4.05. The van der Waals surface area contributed by atoms with Gasteiger partial charge in [0, 0.05) is 27.1 Å². The Morgan fingerprint density at radius 1 is 1.48 bits per heavy atom. The first-order valence-corrected chi connectivity index (χ1v) is 8.99. The van der Waals surface area contributed by atoms with Crippen LogP contribution in [0.2, 0.25) is 0 Å². The SMILES string of the molecule is COCCc1noc(CN(C)C(=O)C2CC3(CCNCC3)CN2C)n1. The molecule has 2 aliphatic heterocycles. The third kappa shape index (κ3) is 4.19. The number of carbonyl (C=O) groups excluding carboxylic acids is 1. The number of amides is 1. The van der Waals surface area contributed by atoms with Crippen LogP contribution in [0.5, 0.6) is 0 Å². The molecule has 0 radical (unpaired) electrons. The molecule has 0 aromatic carbocycles. The highest BCUT2D eigenvalue weighted by Gasteiger charge is 2.46. The van der Waals surface area contributed by atoms with Crippen molar-refractivity contribution in [1.82, 2.24) is 25.3 Å². The van der Waals surface area contributed by atoms with E-state index in [2.05, 4.69) is 27.4 Å². The third-order valence-corrected chi connectivity index (χ3v) is 5.48. The highest BCUT2D eigenvalue weighted by atomic mass is 16.5. The lowest BCUT2D eigenvalue weighted by Crippen LogP contribution is -2.42. The molecular weight excluding hydrogens is 322 g/mol. The average molecular weight is 351 g/mol. The molecule has 1 unspecified atom stereocenters. The second-order valence-corrected chi connectivity index (χ2v) is 7.43. The Morgan fingerprint density at radius 3 is 2.96 bits per heavy atom. The Bertz CT molecular complexity index is 585. The number of ether oxygens (including phenoxy) is 1. The van der Waals surface area contributed by atoms with Crippen LogP contribution in [0.25, 0.3) is 0 Å². The highest BCUT2D eigenvalue weighted by molar-refractivity contribution is 5.82. The van der Waals surface area contributed by atoms with Crippen molar-refractivity contribution in [3.63, 3.8) is 0 Å². The van der Waals surface area contributed by atoms with Crippen LogP contribution in [0.4, 0.5) is 0 Å². The summed E-state index contributed by atoms with van der Waals surface area (Å²) in [5.41, 5.74) is 0.291. The van der Waals surface area contributed by atoms with E-state index in [1.807, 2.05) is 7.05 Å². The Balaban J connectivity index is 1.57. The lowest BCUT2D eigenvalue weighted by molar-refractivity contribution is -0.135. The summed E-state index contributed by atoms with van der Waals surface area (Å²) >= 11 is 0. The van der Waals surface area contributed by atoms with Gasteiger partial charge in [0.15, 0.2) is 5.82 Å².